The van der Waals surface area contributed by atoms with Gasteiger partial charge in [0.2, 0.25) is 10.0 Å². The zero-order chi connectivity index (χ0) is 20.4. The zero-order valence-electron chi connectivity index (χ0n) is 15.4. The number of carbonyl (C=O) groups is 2. The fourth-order valence-electron chi connectivity index (χ4n) is 2.31. The standard InChI is InChI=1S/C18H21N3O5S/c1-11-14(17(23)24)8-9-15(19-11)16(22)20-12-6-5-7-13(10-12)27(25,26)21-18(2,3)4/h5-10,21H,1-4H3,(H,20,22)(H,23,24). The van der Waals surface area contributed by atoms with Gasteiger partial charge in [0.25, 0.3) is 5.91 Å². The number of carboxylic acid groups (broad SMARTS) is 1. The summed E-state index contributed by atoms with van der Waals surface area (Å²) in [6, 6.07) is 8.42. The predicted molar refractivity (Wildman–Crippen MR) is 100 cm³/mol. The maximum Gasteiger partial charge on any atom is 0.337 e. The Bertz CT molecular complexity index is 994. The van der Waals surface area contributed by atoms with Crippen LogP contribution in [0.15, 0.2) is 41.3 Å². The van der Waals surface area contributed by atoms with Crippen LogP contribution >= 0.6 is 0 Å². The first-order valence-electron chi connectivity index (χ1n) is 8.05. The van der Waals surface area contributed by atoms with E-state index in [-0.39, 0.29) is 27.5 Å². The summed E-state index contributed by atoms with van der Waals surface area (Å²) in [5.74, 6) is -1.70. The van der Waals surface area contributed by atoms with Crippen LogP contribution in [0, 0.1) is 6.92 Å². The molecule has 0 saturated heterocycles. The number of nitrogens with one attached hydrogen (secondary N) is 2. The number of hydrogen-bond donors (Lipinski definition) is 3. The number of carboxylic acids is 1. The van der Waals surface area contributed by atoms with Crippen LogP contribution in [-0.4, -0.2) is 35.9 Å². The van der Waals surface area contributed by atoms with E-state index in [4.69, 9.17) is 5.11 Å². The lowest BCUT2D eigenvalue weighted by atomic mass is 10.1. The number of aromatic nitrogens is 1. The van der Waals surface area contributed by atoms with Crippen molar-refractivity contribution in [2.45, 2.75) is 38.1 Å². The number of pyridine rings is 1. The molecule has 9 heteroatoms. The molecule has 0 spiro atoms. The molecule has 0 atom stereocenters. The number of amides is 1. The molecular weight excluding hydrogens is 370 g/mol. The summed E-state index contributed by atoms with van der Waals surface area (Å²) < 4.78 is 27.4. The number of carbonyl (C=O) groups excluding carboxylic acids is 1. The van der Waals surface area contributed by atoms with E-state index in [1.165, 1.54) is 37.3 Å². The van der Waals surface area contributed by atoms with Crippen molar-refractivity contribution in [3.63, 3.8) is 0 Å². The van der Waals surface area contributed by atoms with Gasteiger partial charge >= 0.3 is 5.97 Å². The van der Waals surface area contributed by atoms with Crippen molar-refractivity contribution in [1.29, 1.82) is 0 Å². The second kappa shape index (κ2) is 7.45. The third-order valence-electron chi connectivity index (χ3n) is 3.39. The van der Waals surface area contributed by atoms with E-state index in [2.05, 4.69) is 15.0 Å². The van der Waals surface area contributed by atoms with Crippen molar-refractivity contribution < 1.29 is 23.1 Å². The van der Waals surface area contributed by atoms with Gasteiger partial charge in [0.1, 0.15) is 5.69 Å². The number of anilines is 1. The highest BCUT2D eigenvalue weighted by atomic mass is 32.2. The molecule has 1 amide bonds. The Balaban J connectivity index is 2.25. The molecular formula is C18H21N3O5S. The van der Waals surface area contributed by atoms with Gasteiger partial charge < -0.3 is 10.4 Å². The van der Waals surface area contributed by atoms with Crippen LogP contribution in [0.2, 0.25) is 0 Å². The number of aryl methyl sites for hydroxylation is 1. The Kier molecular flexibility index (Phi) is 5.67. The summed E-state index contributed by atoms with van der Waals surface area (Å²) in [5.41, 5.74) is -0.128. The minimum absolute atomic E-state index is 0.00731. The van der Waals surface area contributed by atoms with Crippen LogP contribution in [0.3, 0.4) is 0 Å². The van der Waals surface area contributed by atoms with Gasteiger partial charge in [-0.2, -0.15) is 0 Å². The summed E-state index contributed by atoms with van der Waals surface area (Å²) in [6.07, 6.45) is 0. The molecule has 1 aromatic carbocycles. The average molecular weight is 391 g/mol. The molecule has 27 heavy (non-hydrogen) atoms. The summed E-state index contributed by atoms with van der Waals surface area (Å²) in [5, 5.41) is 11.6. The van der Waals surface area contributed by atoms with E-state index in [1.54, 1.807) is 26.8 Å². The summed E-state index contributed by atoms with van der Waals surface area (Å²) in [6.45, 7) is 6.67. The van der Waals surface area contributed by atoms with Crippen molar-refractivity contribution in [2.24, 2.45) is 0 Å². The van der Waals surface area contributed by atoms with E-state index in [0.29, 0.717) is 0 Å². The first-order chi connectivity index (χ1) is 12.4. The number of nitrogens with zero attached hydrogens (tertiary/aromatic N) is 1. The lowest BCUT2D eigenvalue weighted by Crippen LogP contribution is -2.40. The second-order valence-electron chi connectivity index (χ2n) is 6.97. The number of hydrogen-bond acceptors (Lipinski definition) is 5. The fourth-order valence-corrected chi connectivity index (χ4v) is 3.78. The monoisotopic (exact) mass is 391 g/mol. The highest BCUT2D eigenvalue weighted by molar-refractivity contribution is 7.89. The number of benzene rings is 1. The lowest BCUT2D eigenvalue weighted by molar-refractivity contribution is 0.0695. The third kappa shape index (κ3) is 5.35. The van der Waals surface area contributed by atoms with E-state index >= 15 is 0 Å². The van der Waals surface area contributed by atoms with Crippen molar-refractivity contribution in [3.8, 4) is 0 Å². The van der Waals surface area contributed by atoms with Gasteiger partial charge in [-0.3, -0.25) is 4.79 Å². The molecule has 0 unspecified atom stereocenters. The van der Waals surface area contributed by atoms with Gasteiger partial charge in [-0.1, -0.05) is 6.07 Å². The minimum Gasteiger partial charge on any atom is -0.478 e. The van der Waals surface area contributed by atoms with Crippen molar-refractivity contribution in [2.75, 3.05) is 5.32 Å². The van der Waals surface area contributed by atoms with Gasteiger partial charge in [-0.25, -0.2) is 22.9 Å². The van der Waals surface area contributed by atoms with Crippen LogP contribution < -0.4 is 10.0 Å². The Morgan fingerprint density at radius 2 is 1.78 bits per heavy atom. The molecule has 0 radical (unpaired) electrons. The van der Waals surface area contributed by atoms with Gasteiger partial charge in [-0.05, 0) is 58.0 Å². The Morgan fingerprint density at radius 1 is 1.11 bits per heavy atom. The molecule has 8 nitrogen and oxygen atoms in total. The first-order valence-corrected chi connectivity index (χ1v) is 9.54. The molecule has 144 valence electrons. The average Bonchev–Trinajstić information content (AvgIpc) is 2.52. The fraction of sp³-hybridized carbons (Fsp3) is 0.278. The van der Waals surface area contributed by atoms with Gasteiger partial charge in [0.05, 0.1) is 16.2 Å². The summed E-state index contributed by atoms with van der Waals surface area (Å²) in [4.78, 5) is 27.4. The predicted octanol–water partition coefficient (Wildman–Crippen LogP) is 2.42. The van der Waals surface area contributed by atoms with Crippen molar-refractivity contribution in [1.82, 2.24) is 9.71 Å². The number of aromatic carboxylic acids is 1. The van der Waals surface area contributed by atoms with E-state index in [9.17, 15) is 18.0 Å². The molecule has 2 rings (SSSR count). The molecule has 3 N–H and O–H groups in total. The number of rotatable bonds is 5. The molecule has 1 heterocycles. The maximum atomic E-state index is 12.4. The topological polar surface area (TPSA) is 125 Å². The zero-order valence-corrected chi connectivity index (χ0v) is 16.2. The third-order valence-corrected chi connectivity index (χ3v) is 5.15. The van der Waals surface area contributed by atoms with E-state index < -0.39 is 27.4 Å². The lowest BCUT2D eigenvalue weighted by Gasteiger charge is -2.20. The number of sulfonamides is 1. The van der Waals surface area contributed by atoms with Crippen LogP contribution in [0.25, 0.3) is 0 Å². The van der Waals surface area contributed by atoms with E-state index in [0.717, 1.165) is 0 Å². The second-order valence-corrected chi connectivity index (χ2v) is 8.65. The Labute approximate surface area is 157 Å². The molecule has 0 saturated carbocycles. The van der Waals surface area contributed by atoms with Crippen molar-refractivity contribution in [3.05, 3.63) is 53.3 Å². The largest absolute Gasteiger partial charge is 0.478 e. The highest BCUT2D eigenvalue weighted by Gasteiger charge is 2.22. The smallest absolute Gasteiger partial charge is 0.337 e. The Hall–Kier alpha value is -2.78. The van der Waals surface area contributed by atoms with Gasteiger partial charge in [0, 0.05) is 11.2 Å². The van der Waals surface area contributed by atoms with Crippen LogP contribution in [-0.2, 0) is 10.0 Å². The Morgan fingerprint density at radius 3 is 2.33 bits per heavy atom. The van der Waals surface area contributed by atoms with E-state index in [1.807, 2.05) is 0 Å². The normalized spacial score (nSPS) is 11.9. The molecule has 0 aliphatic heterocycles. The summed E-state index contributed by atoms with van der Waals surface area (Å²) >= 11 is 0. The molecule has 1 aromatic heterocycles. The minimum atomic E-state index is -3.74. The molecule has 0 fully saturated rings. The molecule has 0 aliphatic carbocycles. The quantitative estimate of drug-likeness (QED) is 0.719. The van der Waals surface area contributed by atoms with Crippen molar-refractivity contribution >= 4 is 27.6 Å². The summed E-state index contributed by atoms with van der Waals surface area (Å²) in [7, 11) is -3.74. The SMILES string of the molecule is Cc1nc(C(=O)Nc2cccc(S(=O)(=O)NC(C)(C)C)c2)ccc1C(=O)O. The highest BCUT2D eigenvalue weighted by Crippen LogP contribution is 2.18. The van der Waals surface area contributed by atoms with Crippen LogP contribution in [0.4, 0.5) is 5.69 Å². The van der Waals surface area contributed by atoms with Gasteiger partial charge in [-0.15, -0.1) is 0 Å². The first kappa shape index (κ1) is 20.5. The molecule has 0 aliphatic rings. The van der Waals surface area contributed by atoms with Crippen LogP contribution in [0.1, 0.15) is 47.3 Å². The van der Waals surface area contributed by atoms with Gasteiger partial charge in [0.15, 0.2) is 0 Å². The molecule has 0 bridgehead atoms. The maximum absolute atomic E-state index is 12.4. The van der Waals surface area contributed by atoms with Crippen LogP contribution in [0.5, 0.6) is 0 Å². The molecule has 2 aromatic rings.